The van der Waals surface area contributed by atoms with Gasteiger partial charge in [-0.3, -0.25) is 0 Å². The van der Waals surface area contributed by atoms with Gasteiger partial charge in [0.1, 0.15) is 0 Å². The molecule has 1 heterocycles. The summed E-state index contributed by atoms with van der Waals surface area (Å²) in [6, 6.07) is 10.3. The van der Waals surface area contributed by atoms with E-state index >= 15 is 0 Å². The van der Waals surface area contributed by atoms with Crippen molar-refractivity contribution in [3.63, 3.8) is 0 Å². The van der Waals surface area contributed by atoms with E-state index in [0.29, 0.717) is 0 Å². The molecule has 0 saturated carbocycles. The molecule has 0 radical (unpaired) electrons. The zero-order chi connectivity index (χ0) is 18.0. The zero-order valence-corrected chi connectivity index (χ0v) is 15.1. The molecular weight excluding hydrogens is 302 g/mol. The van der Waals surface area contributed by atoms with Crippen LogP contribution in [-0.4, -0.2) is 4.98 Å². The van der Waals surface area contributed by atoms with Gasteiger partial charge in [-0.1, -0.05) is 91.6 Å². The number of allylic oxidation sites excluding steroid dienone is 11. The van der Waals surface area contributed by atoms with Gasteiger partial charge < -0.3 is 4.98 Å². The molecule has 0 spiro atoms. The van der Waals surface area contributed by atoms with Crippen LogP contribution in [0, 0.1) is 0 Å². The number of H-pyrrole nitrogens is 1. The van der Waals surface area contributed by atoms with Gasteiger partial charge in [0, 0.05) is 11.7 Å². The third-order valence-corrected chi connectivity index (χ3v) is 3.33. The second kappa shape index (κ2) is 14.8. The second-order valence-corrected chi connectivity index (χ2v) is 5.35. The molecule has 130 valence electrons. The molecule has 0 saturated heterocycles. The number of para-hydroxylation sites is 1. The molecule has 1 heteroatoms. The number of aromatic nitrogens is 1. The van der Waals surface area contributed by atoms with Crippen molar-refractivity contribution in [2.75, 3.05) is 0 Å². The highest BCUT2D eigenvalue weighted by Gasteiger charge is 1.86. The summed E-state index contributed by atoms with van der Waals surface area (Å²) in [5, 5.41) is 1.28. The van der Waals surface area contributed by atoms with E-state index in [2.05, 4.69) is 78.4 Å². The van der Waals surface area contributed by atoms with Gasteiger partial charge in [0.2, 0.25) is 0 Å². The molecular formula is C24H29N. The number of hydrogen-bond donors (Lipinski definition) is 1. The predicted molar refractivity (Wildman–Crippen MR) is 114 cm³/mol. The van der Waals surface area contributed by atoms with E-state index in [9.17, 15) is 0 Å². The van der Waals surface area contributed by atoms with Crippen LogP contribution in [0.2, 0.25) is 0 Å². The first-order valence-corrected chi connectivity index (χ1v) is 8.77. The number of rotatable bonds is 1. The summed E-state index contributed by atoms with van der Waals surface area (Å²) >= 11 is 0. The topological polar surface area (TPSA) is 15.8 Å². The average Bonchev–Trinajstić information content (AvgIpc) is 3.40. The first-order valence-electron chi connectivity index (χ1n) is 8.77. The summed E-state index contributed by atoms with van der Waals surface area (Å²) in [7, 11) is 0. The monoisotopic (exact) mass is 331 g/mol. The Kier molecular flexibility index (Phi) is 12.0. The van der Waals surface area contributed by atoms with Crippen molar-refractivity contribution < 1.29 is 0 Å². The molecule has 0 amide bonds. The highest BCUT2D eigenvalue weighted by atomic mass is 14.7. The Labute approximate surface area is 152 Å². The van der Waals surface area contributed by atoms with Crippen molar-refractivity contribution in [2.24, 2.45) is 0 Å². The first kappa shape index (κ1) is 20.2. The third kappa shape index (κ3) is 10.6. The van der Waals surface area contributed by atoms with E-state index in [1.807, 2.05) is 37.4 Å². The summed E-state index contributed by atoms with van der Waals surface area (Å²) in [6.07, 6.45) is 28.0. The van der Waals surface area contributed by atoms with E-state index < -0.39 is 0 Å². The maximum absolute atomic E-state index is 3.46. The molecule has 0 fully saturated rings. The Bertz CT molecular complexity index is 668. The standard InChI is InChI=1S/C8H7N.C6H8.C5H6.C5H8/c1-2-4-8-7(3-1)5-6-9-8;1-2-4-6-5-3-1;1-2-4-5-3-1;1-3-5-4-2/h1-6,9H;1-4H,5-6H2;1-4H,5H2;3-5H,1H2,2H3. The summed E-state index contributed by atoms with van der Waals surface area (Å²) in [4.78, 5) is 3.12. The summed E-state index contributed by atoms with van der Waals surface area (Å²) in [5.74, 6) is 0. The van der Waals surface area contributed by atoms with Crippen molar-refractivity contribution in [3.8, 4) is 0 Å². The van der Waals surface area contributed by atoms with Crippen molar-refractivity contribution >= 4 is 10.9 Å². The molecule has 0 unspecified atom stereocenters. The van der Waals surface area contributed by atoms with Gasteiger partial charge in [-0.05, 0) is 43.7 Å². The zero-order valence-electron chi connectivity index (χ0n) is 15.1. The van der Waals surface area contributed by atoms with Crippen molar-refractivity contribution in [3.05, 3.63) is 110 Å². The molecule has 0 aliphatic heterocycles. The molecule has 1 aromatic heterocycles. The largest absolute Gasteiger partial charge is 0.361 e. The Morgan fingerprint density at radius 1 is 0.880 bits per heavy atom. The van der Waals surface area contributed by atoms with Gasteiger partial charge in [-0.2, -0.15) is 0 Å². The van der Waals surface area contributed by atoms with Gasteiger partial charge in [0.15, 0.2) is 0 Å². The van der Waals surface area contributed by atoms with E-state index in [1.54, 1.807) is 6.08 Å². The molecule has 2 aliphatic carbocycles. The lowest BCUT2D eigenvalue weighted by atomic mass is 10.2. The predicted octanol–water partition coefficient (Wildman–Crippen LogP) is 7.31. The van der Waals surface area contributed by atoms with Crippen LogP contribution in [0.5, 0.6) is 0 Å². The van der Waals surface area contributed by atoms with E-state index in [-0.39, 0.29) is 0 Å². The van der Waals surface area contributed by atoms with Crippen LogP contribution >= 0.6 is 0 Å². The van der Waals surface area contributed by atoms with Crippen LogP contribution < -0.4 is 0 Å². The first-order chi connectivity index (χ1) is 12.4. The lowest BCUT2D eigenvalue weighted by Crippen LogP contribution is -1.67. The smallest absolute Gasteiger partial charge is 0.0453 e. The minimum absolute atomic E-state index is 1.14. The number of aromatic amines is 1. The fraction of sp³-hybridized carbons (Fsp3) is 0.167. The Morgan fingerprint density at radius 2 is 1.52 bits per heavy atom. The van der Waals surface area contributed by atoms with Crippen LogP contribution in [0.25, 0.3) is 10.9 Å². The van der Waals surface area contributed by atoms with Crippen molar-refractivity contribution in [1.29, 1.82) is 0 Å². The normalized spacial score (nSPS) is 13.5. The molecule has 0 atom stereocenters. The van der Waals surface area contributed by atoms with Gasteiger partial charge in [-0.25, -0.2) is 0 Å². The number of nitrogens with one attached hydrogen (secondary N) is 1. The molecule has 1 nitrogen and oxygen atoms in total. The molecule has 1 aromatic carbocycles. The number of benzene rings is 1. The van der Waals surface area contributed by atoms with Crippen LogP contribution in [-0.2, 0) is 0 Å². The molecule has 2 aromatic rings. The summed E-state index contributed by atoms with van der Waals surface area (Å²) in [5.41, 5.74) is 1.21. The molecule has 2 aliphatic rings. The third-order valence-electron chi connectivity index (χ3n) is 3.33. The van der Waals surface area contributed by atoms with Gasteiger partial charge >= 0.3 is 0 Å². The van der Waals surface area contributed by atoms with E-state index in [4.69, 9.17) is 0 Å². The van der Waals surface area contributed by atoms with Crippen LogP contribution in [0.15, 0.2) is 110 Å². The fourth-order valence-electron chi connectivity index (χ4n) is 2.07. The molecule has 1 N–H and O–H groups in total. The van der Waals surface area contributed by atoms with Crippen LogP contribution in [0.4, 0.5) is 0 Å². The lowest BCUT2D eigenvalue weighted by Gasteiger charge is -1.88. The maximum atomic E-state index is 3.46. The van der Waals surface area contributed by atoms with Crippen LogP contribution in [0.3, 0.4) is 0 Å². The summed E-state index contributed by atoms with van der Waals surface area (Å²) < 4.78 is 0. The van der Waals surface area contributed by atoms with Crippen LogP contribution in [0.1, 0.15) is 26.2 Å². The molecule has 25 heavy (non-hydrogen) atoms. The quantitative estimate of drug-likeness (QED) is 0.527. The highest BCUT2D eigenvalue weighted by Crippen LogP contribution is 2.09. The number of fused-ring (bicyclic) bond motifs is 1. The van der Waals surface area contributed by atoms with Crippen molar-refractivity contribution in [2.45, 2.75) is 26.2 Å². The van der Waals surface area contributed by atoms with Gasteiger partial charge in [0.25, 0.3) is 0 Å². The Morgan fingerprint density at radius 3 is 1.92 bits per heavy atom. The van der Waals surface area contributed by atoms with E-state index in [0.717, 1.165) is 6.42 Å². The summed E-state index contributed by atoms with van der Waals surface area (Å²) in [6.45, 7) is 5.42. The SMILES string of the molecule is C1=CCC=C1.C1=CCCC=C1.C=CC=CC.c1ccc2[nH]ccc2c1. The fourth-order valence-corrected chi connectivity index (χ4v) is 2.07. The van der Waals surface area contributed by atoms with Crippen molar-refractivity contribution in [1.82, 2.24) is 4.98 Å². The average molecular weight is 332 g/mol. The van der Waals surface area contributed by atoms with Gasteiger partial charge in [-0.15, -0.1) is 0 Å². The van der Waals surface area contributed by atoms with E-state index in [1.165, 1.54) is 23.7 Å². The molecule has 0 bridgehead atoms. The minimum Gasteiger partial charge on any atom is -0.361 e. The Balaban J connectivity index is 0.000000174. The number of hydrogen-bond acceptors (Lipinski definition) is 0. The maximum Gasteiger partial charge on any atom is 0.0453 e. The second-order valence-electron chi connectivity index (χ2n) is 5.35. The minimum atomic E-state index is 1.14. The lowest BCUT2D eigenvalue weighted by molar-refractivity contribution is 1.04. The van der Waals surface area contributed by atoms with Gasteiger partial charge in [0.05, 0.1) is 0 Å². The molecule has 4 rings (SSSR count). The highest BCUT2D eigenvalue weighted by molar-refractivity contribution is 5.78. The Hall–Kier alpha value is -2.80.